The van der Waals surface area contributed by atoms with E-state index in [0.29, 0.717) is 0 Å². The van der Waals surface area contributed by atoms with Crippen molar-refractivity contribution in [2.75, 3.05) is 26.0 Å². The van der Waals surface area contributed by atoms with E-state index in [0.717, 1.165) is 0 Å². The molecule has 0 aromatic carbocycles. The first-order valence-electron chi connectivity index (χ1n) is 4.28. The predicted octanol–water partition coefficient (Wildman–Crippen LogP) is 0.833. The Hall–Kier alpha value is -0.940. The number of cyclic esters (lactones) is 1. The summed E-state index contributed by atoms with van der Waals surface area (Å²) in [5.74, 6) is -2.04. The van der Waals surface area contributed by atoms with Crippen molar-refractivity contribution in [3.8, 4) is 0 Å². The zero-order valence-electron chi connectivity index (χ0n) is 8.71. The molecule has 1 aliphatic heterocycles. The smallest absolute Gasteiger partial charge is 0.375 e. The molecule has 0 N–H and O–H groups in total. The van der Waals surface area contributed by atoms with Crippen LogP contribution in [0.3, 0.4) is 0 Å². The lowest BCUT2D eigenvalue weighted by Gasteiger charge is -2.23. The zero-order valence-corrected chi connectivity index (χ0v) is 10.2. The van der Waals surface area contributed by atoms with Crippen LogP contribution in [0.25, 0.3) is 0 Å². The Morgan fingerprint density at radius 2 is 1.94 bits per heavy atom. The first-order valence-corrected chi connectivity index (χ1v) is 5.35. The van der Waals surface area contributed by atoms with Crippen molar-refractivity contribution in [1.29, 1.82) is 0 Å². The molecule has 0 spiro atoms. The lowest BCUT2D eigenvalue weighted by molar-refractivity contribution is -0.147. The van der Waals surface area contributed by atoms with E-state index in [-0.39, 0.29) is 23.1 Å². The molecule has 0 aromatic heterocycles. The topological polar surface area (TPSA) is 61.8 Å². The standard InChI is InChI=1S/C9H10Cl2O5/c1-14-6-5(7(12)15-2)9(3-10,4-11)16-8(6)13/h3-4H2,1-2H3. The molecule has 1 heterocycles. The summed E-state index contributed by atoms with van der Waals surface area (Å²) >= 11 is 11.4. The Morgan fingerprint density at radius 1 is 1.38 bits per heavy atom. The summed E-state index contributed by atoms with van der Waals surface area (Å²) in [6, 6.07) is 0. The molecule has 7 heteroatoms. The van der Waals surface area contributed by atoms with Crippen LogP contribution in [0, 0.1) is 0 Å². The van der Waals surface area contributed by atoms with Crippen molar-refractivity contribution in [3.63, 3.8) is 0 Å². The zero-order chi connectivity index (χ0) is 12.3. The van der Waals surface area contributed by atoms with Crippen molar-refractivity contribution in [3.05, 3.63) is 11.3 Å². The quantitative estimate of drug-likeness (QED) is 0.559. The summed E-state index contributed by atoms with van der Waals surface area (Å²) in [5, 5.41) is 0. The monoisotopic (exact) mass is 268 g/mol. The highest BCUT2D eigenvalue weighted by Crippen LogP contribution is 2.36. The fourth-order valence-electron chi connectivity index (χ4n) is 1.37. The number of hydrogen-bond donors (Lipinski definition) is 0. The second kappa shape index (κ2) is 4.93. The normalized spacial score (nSPS) is 18.4. The predicted molar refractivity (Wildman–Crippen MR) is 56.3 cm³/mol. The fourth-order valence-corrected chi connectivity index (χ4v) is 2.04. The molecule has 90 valence electrons. The third kappa shape index (κ3) is 1.85. The van der Waals surface area contributed by atoms with Crippen LogP contribution in [0.15, 0.2) is 11.3 Å². The molecule has 0 aliphatic carbocycles. The van der Waals surface area contributed by atoms with Crippen LogP contribution in [-0.2, 0) is 23.8 Å². The van der Waals surface area contributed by atoms with Gasteiger partial charge in [-0.1, -0.05) is 0 Å². The number of halogens is 2. The van der Waals surface area contributed by atoms with Crippen LogP contribution < -0.4 is 0 Å². The molecule has 0 saturated heterocycles. The van der Waals surface area contributed by atoms with Crippen molar-refractivity contribution in [1.82, 2.24) is 0 Å². The van der Waals surface area contributed by atoms with Gasteiger partial charge in [0.05, 0.1) is 26.0 Å². The number of carbonyl (C=O) groups excluding carboxylic acids is 2. The van der Waals surface area contributed by atoms with Crippen molar-refractivity contribution in [2.24, 2.45) is 0 Å². The van der Waals surface area contributed by atoms with Gasteiger partial charge < -0.3 is 14.2 Å². The Morgan fingerprint density at radius 3 is 2.31 bits per heavy atom. The van der Waals surface area contributed by atoms with Gasteiger partial charge in [-0.05, 0) is 0 Å². The van der Waals surface area contributed by atoms with Crippen LogP contribution in [-0.4, -0.2) is 43.5 Å². The van der Waals surface area contributed by atoms with E-state index >= 15 is 0 Å². The molecule has 0 saturated carbocycles. The van der Waals surface area contributed by atoms with Crippen molar-refractivity contribution >= 4 is 35.1 Å². The van der Waals surface area contributed by atoms with Crippen LogP contribution in [0.5, 0.6) is 0 Å². The van der Waals surface area contributed by atoms with Gasteiger partial charge in [0.15, 0.2) is 5.60 Å². The number of alkyl halides is 2. The molecule has 0 amide bonds. The maximum absolute atomic E-state index is 11.6. The van der Waals surface area contributed by atoms with Crippen LogP contribution in [0.4, 0.5) is 0 Å². The van der Waals surface area contributed by atoms with Gasteiger partial charge in [-0.25, -0.2) is 9.59 Å². The minimum absolute atomic E-state index is 0.0764. The summed E-state index contributed by atoms with van der Waals surface area (Å²) in [6.07, 6.45) is 0. The molecule has 0 atom stereocenters. The molecule has 0 unspecified atom stereocenters. The van der Waals surface area contributed by atoms with E-state index in [1.54, 1.807) is 0 Å². The second-order valence-corrected chi connectivity index (χ2v) is 3.59. The average Bonchev–Trinajstić information content (AvgIpc) is 2.61. The maximum Gasteiger partial charge on any atom is 0.375 e. The second-order valence-electron chi connectivity index (χ2n) is 3.05. The molecular weight excluding hydrogens is 259 g/mol. The van der Waals surface area contributed by atoms with Gasteiger partial charge in [0.2, 0.25) is 5.76 Å². The number of hydrogen-bond acceptors (Lipinski definition) is 5. The molecule has 0 aromatic rings. The van der Waals surface area contributed by atoms with E-state index in [1.165, 1.54) is 14.2 Å². The first kappa shape index (κ1) is 13.1. The van der Waals surface area contributed by atoms with E-state index in [1.807, 2.05) is 0 Å². The van der Waals surface area contributed by atoms with Crippen molar-refractivity contribution < 1.29 is 23.8 Å². The van der Waals surface area contributed by atoms with Gasteiger partial charge in [0, 0.05) is 0 Å². The molecule has 1 aliphatic rings. The number of rotatable bonds is 4. The molecule has 0 bridgehead atoms. The molecule has 0 radical (unpaired) electrons. The van der Waals surface area contributed by atoms with E-state index in [9.17, 15) is 9.59 Å². The third-order valence-corrected chi connectivity index (χ3v) is 3.04. The fraction of sp³-hybridized carbons (Fsp3) is 0.556. The highest BCUT2D eigenvalue weighted by Gasteiger charge is 2.52. The summed E-state index contributed by atoms with van der Waals surface area (Å²) < 4.78 is 14.3. The minimum atomic E-state index is -1.38. The lowest BCUT2D eigenvalue weighted by Crippen LogP contribution is -2.39. The SMILES string of the molecule is COC(=O)C1=C(OC)C(=O)OC1(CCl)CCl. The highest BCUT2D eigenvalue weighted by atomic mass is 35.5. The summed E-state index contributed by atoms with van der Waals surface area (Å²) in [5.41, 5.74) is -1.45. The van der Waals surface area contributed by atoms with Gasteiger partial charge in [-0.3, -0.25) is 0 Å². The van der Waals surface area contributed by atoms with Gasteiger partial charge in [0.1, 0.15) is 5.57 Å². The summed E-state index contributed by atoms with van der Waals surface area (Å²) in [4.78, 5) is 23.0. The highest BCUT2D eigenvalue weighted by molar-refractivity contribution is 6.24. The van der Waals surface area contributed by atoms with Gasteiger partial charge in [0.25, 0.3) is 0 Å². The third-order valence-electron chi connectivity index (χ3n) is 2.18. The minimum Gasteiger partial charge on any atom is -0.489 e. The Kier molecular flexibility index (Phi) is 4.04. The van der Waals surface area contributed by atoms with Crippen LogP contribution in [0.2, 0.25) is 0 Å². The largest absolute Gasteiger partial charge is 0.489 e. The Labute approximate surface area is 102 Å². The van der Waals surface area contributed by atoms with E-state index in [4.69, 9.17) is 32.7 Å². The molecule has 1 rings (SSSR count). The van der Waals surface area contributed by atoms with Crippen molar-refractivity contribution in [2.45, 2.75) is 5.60 Å². The lowest BCUT2D eigenvalue weighted by atomic mass is 9.98. The first-order chi connectivity index (χ1) is 7.56. The van der Waals surface area contributed by atoms with Crippen LogP contribution >= 0.6 is 23.2 Å². The number of methoxy groups -OCH3 is 2. The average molecular weight is 269 g/mol. The molecule has 5 nitrogen and oxygen atoms in total. The Balaban J connectivity index is 3.31. The van der Waals surface area contributed by atoms with Gasteiger partial charge in [-0.2, -0.15) is 0 Å². The number of esters is 2. The van der Waals surface area contributed by atoms with Crippen LogP contribution in [0.1, 0.15) is 0 Å². The molecule has 0 fully saturated rings. The molecular formula is C9H10Cl2O5. The number of ether oxygens (including phenoxy) is 3. The summed E-state index contributed by atoms with van der Waals surface area (Å²) in [7, 11) is 2.43. The maximum atomic E-state index is 11.6. The molecule has 16 heavy (non-hydrogen) atoms. The van der Waals surface area contributed by atoms with Gasteiger partial charge in [-0.15, -0.1) is 23.2 Å². The van der Waals surface area contributed by atoms with Gasteiger partial charge >= 0.3 is 11.9 Å². The number of carbonyl (C=O) groups is 2. The van der Waals surface area contributed by atoms with E-state index in [2.05, 4.69) is 4.74 Å². The Bertz CT molecular complexity index is 346. The van der Waals surface area contributed by atoms with E-state index < -0.39 is 17.5 Å². The summed E-state index contributed by atoms with van der Waals surface area (Å²) in [6.45, 7) is 0.